The Labute approximate surface area is 404 Å². The van der Waals surface area contributed by atoms with Gasteiger partial charge < -0.3 is 49.5 Å². The van der Waals surface area contributed by atoms with Crippen molar-refractivity contribution in [3.05, 3.63) is 66.4 Å². The number of hydrogen-bond acceptors (Lipinski definition) is 16. The van der Waals surface area contributed by atoms with E-state index in [1.54, 1.807) is 85.7 Å². The van der Waals surface area contributed by atoms with Crippen molar-refractivity contribution in [1.29, 1.82) is 0 Å². The number of aromatic nitrogens is 3. The molecule has 1 unspecified atom stereocenters. The van der Waals surface area contributed by atoms with Crippen LogP contribution >= 0.6 is 0 Å². The summed E-state index contributed by atoms with van der Waals surface area (Å²) in [6, 6.07) is 14.2. The molecule has 0 saturated carbocycles. The van der Waals surface area contributed by atoms with Crippen LogP contribution in [0.2, 0.25) is 0 Å². The highest BCUT2D eigenvalue weighted by atomic mass is 19.1. The molecule has 19 heteroatoms. The van der Waals surface area contributed by atoms with E-state index < -0.39 is 95.4 Å². The first-order chi connectivity index (χ1) is 32.6. The molecule has 1 amide bonds. The number of amides is 1. The lowest BCUT2D eigenvalue weighted by molar-refractivity contribution is -0.300. The van der Waals surface area contributed by atoms with Gasteiger partial charge in [-0.2, -0.15) is 0 Å². The minimum absolute atomic E-state index is 0.129. The number of nitrogen functional groups attached to an aromatic ring is 1. The van der Waals surface area contributed by atoms with Gasteiger partial charge in [0.2, 0.25) is 0 Å². The zero-order valence-electron chi connectivity index (χ0n) is 41.6. The minimum Gasteiger partial charge on any atom is -0.459 e. The van der Waals surface area contributed by atoms with E-state index in [-0.39, 0.29) is 31.8 Å². The molecule has 6 rings (SSSR count). The minimum atomic E-state index is -3.21. The molecule has 0 spiro atoms. The summed E-state index contributed by atoms with van der Waals surface area (Å²) in [6.45, 7) is 12.4. The predicted molar refractivity (Wildman–Crippen MR) is 253 cm³/mol. The number of aliphatic hydroxyl groups is 1. The summed E-state index contributed by atoms with van der Waals surface area (Å²) in [7, 11) is 5.03. The SMILES string of the molecule is CC[C@H]1OC(=O)[C@@](C)(F)C(=O)[C@@H](C)[C@H](OC2O[C@H](COC(=O)c3ccccc3)C[C@H](N(C)C)[C@H]2O)[C@](C)(OC)C[C@@H](C)CN[C@H](C)[C@H]2N(CCCCn3cc(-c4cccc(N)c4)nn3)C(=O)O[C@]12C. The maximum Gasteiger partial charge on any atom is 0.410 e. The number of nitrogens with two attached hydrogens (primary N) is 1. The quantitative estimate of drug-likeness (QED) is 0.0621. The first-order valence-electron chi connectivity index (χ1n) is 24.0. The molecular weight excluding hydrogens is 894 g/mol. The second-order valence-corrected chi connectivity index (χ2v) is 19.8. The Morgan fingerprint density at radius 1 is 1.04 bits per heavy atom. The number of carbonyl (C=O) groups is 4. The van der Waals surface area contributed by atoms with Crippen LogP contribution in [0.1, 0.15) is 90.9 Å². The van der Waals surface area contributed by atoms with E-state index in [9.17, 15) is 24.3 Å². The second kappa shape index (κ2) is 22.4. The van der Waals surface area contributed by atoms with E-state index in [0.29, 0.717) is 49.4 Å². The summed E-state index contributed by atoms with van der Waals surface area (Å²) in [5, 5.41) is 23.9. The van der Waals surface area contributed by atoms with Gasteiger partial charge in [-0.1, -0.05) is 56.3 Å². The van der Waals surface area contributed by atoms with E-state index in [4.69, 9.17) is 34.2 Å². The van der Waals surface area contributed by atoms with Crippen LogP contribution < -0.4 is 11.1 Å². The Morgan fingerprint density at radius 3 is 2.42 bits per heavy atom. The van der Waals surface area contributed by atoms with Gasteiger partial charge in [0.25, 0.3) is 5.67 Å². The highest BCUT2D eigenvalue weighted by Crippen LogP contribution is 2.41. The van der Waals surface area contributed by atoms with Crippen molar-refractivity contribution in [2.45, 2.75) is 153 Å². The van der Waals surface area contributed by atoms with E-state index in [1.165, 1.54) is 14.0 Å². The Hall–Kier alpha value is -5.05. The number of nitrogens with one attached hydrogen (secondary N) is 1. The topological polar surface area (TPSA) is 219 Å². The number of hydrogen-bond donors (Lipinski definition) is 3. The third-order valence-electron chi connectivity index (χ3n) is 14.1. The molecule has 4 N–H and O–H groups in total. The molecule has 13 atom stereocenters. The van der Waals surface area contributed by atoms with Gasteiger partial charge in [0.05, 0.1) is 35.6 Å². The van der Waals surface area contributed by atoms with Crippen molar-refractivity contribution in [3.63, 3.8) is 0 Å². The highest BCUT2D eigenvalue weighted by molar-refractivity contribution is 6.07. The number of likely N-dealkylation sites (N-methyl/N-ethyl adjacent to an activating group) is 1. The largest absolute Gasteiger partial charge is 0.459 e. The standard InChI is InChI=1S/C50H72FN7O11/c1-11-39-50(7)41(58(47(63)69-50)23-16-15-22-57-28-37(54-55-57)34-20-17-21-35(52)24-34)32(4)53-27-30(2)26-48(5,64-10)43(31(3)42(60)49(6,51)46(62)67-39)68-45-40(59)38(56(8)9)25-36(66-45)29-65-44(61)33-18-13-12-14-19-33/h12-14,17-21,24,28,30-32,36,38-41,43,45,53,59H,11,15-16,22-23,25-27,29,52H2,1-10H3/t30-,31-,32-,36+,38+,39-,40-,41-,43+,45?,48-,49+,50-/m1/s1. The van der Waals surface area contributed by atoms with Gasteiger partial charge >= 0.3 is 18.0 Å². The highest BCUT2D eigenvalue weighted by Gasteiger charge is 2.60. The normalized spacial score (nSPS) is 33.8. The van der Waals surface area contributed by atoms with E-state index in [2.05, 4.69) is 15.6 Å². The molecule has 2 aromatic carbocycles. The number of halogens is 1. The molecule has 0 aliphatic carbocycles. The lowest BCUT2D eigenvalue weighted by Gasteiger charge is -2.47. The Balaban J connectivity index is 1.24. The molecular formula is C50H72FN7O11. The fraction of sp³-hybridized carbons (Fsp3) is 0.640. The Kier molecular flexibility index (Phi) is 17.3. The summed E-state index contributed by atoms with van der Waals surface area (Å²) >= 11 is 0. The number of unbranched alkanes of at least 4 members (excludes halogenated alkanes) is 1. The number of cyclic esters (lactones) is 1. The third kappa shape index (κ3) is 11.9. The third-order valence-corrected chi connectivity index (χ3v) is 14.1. The monoisotopic (exact) mass is 966 g/mol. The van der Waals surface area contributed by atoms with Crippen molar-refractivity contribution in [2.75, 3.05) is 46.6 Å². The molecule has 1 aromatic heterocycles. The zero-order chi connectivity index (χ0) is 50.4. The summed E-state index contributed by atoms with van der Waals surface area (Å²) in [6.07, 6.45) is -2.79. The fourth-order valence-corrected chi connectivity index (χ4v) is 10.3. The van der Waals surface area contributed by atoms with Crippen LogP contribution in [-0.2, 0) is 44.6 Å². The van der Waals surface area contributed by atoms with Gasteiger partial charge in [-0.05, 0) is 111 Å². The van der Waals surface area contributed by atoms with E-state index in [0.717, 1.165) is 12.5 Å². The second-order valence-electron chi connectivity index (χ2n) is 19.8. The van der Waals surface area contributed by atoms with Gasteiger partial charge in [0.15, 0.2) is 17.7 Å². The van der Waals surface area contributed by atoms with Gasteiger partial charge in [-0.15, -0.1) is 5.10 Å². The number of alkyl halides is 1. The Morgan fingerprint density at radius 2 is 1.75 bits per heavy atom. The number of methoxy groups -OCH3 is 1. The Bertz CT molecular complexity index is 2230. The lowest BCUT2D eigenvalue weighted by Crippen LogP contribution is -2.61. The van der Waals surface area contributed by atoms with Crippen molar-refractivity contribution in [1.82, 2.24) is 30.1 Å². The molecule has 3 saturated heterocycles. The fourth-order valence-electron chi connectivity index (χ4n) is 10.3. The van der Waals surface area contributed by atoms with Gasteiger partial charge in [0.1, 0.15) is 24.5 Å². The van der Waals surface area contributed by atoms with Crippen LogP contribution in [0, 0.1) is 11.8 Å². The molecule has 3 fully saturated rings. The molecule has 18 nitrogen and oxygen atoms in total. The smallest absolute Gasteiger partial charge is 0.410 e. The average molecular weight is 966 g/mol. The van der Waals surface area contributed by atoms with E-state index >= 15 is 4.39 Å². The number of anilines is 1. The van der Waals surface area contributed by atoms with Crippen LogP contribution in [0.15, 0.2) is 60.8 Å². The number of aryl methyl sites for hydroxylation is 1. The van der Waals surface area contributed by atoms with Gasteiger partial charge in [0, 0.05) is 49.5 Å². The molecule has 4 heterocycles. The molecule has 69 heavy (non-hydrogen) atoms. The van der Waals surface area contributed by atoms with Crippen molar-refractivity contribution in [3.8, 4) is 11.3 Å². The van der Waals surface area contributed by atoms with Crippen molar-refractivity contribution in [2.24, 2.45) is 11.8 Å². The van der Waals surface area contributed by atoms with Crippen LogP contribution in [0.5, 0.6) is 0 Å². The molecule has 3 aromatic rings. The predicted octanol–water partition coefficient (Wildman–Crippen LogP) is 5.21. The number of nitrogens with zero attached hydrogens (tertiary/aromatic N) is 5. The number of ether oxygens (including phenoxy) is 6. The maximum absolute atomic E-state index is 17.2. The van der Waals surface area contributed by atoms with Crippen LogP contribution in [0.3, 0.4) is 0 Å². The number of aliphatic hydroxyl groups excluding tert-OH is 1. The van der Waals surface area contributed by atoms with Crippen LogP contribution in [0.25, 0.3) is 11.3 Å². The molecule has 380 valence electrons. The van der Waals surface area contributed by atoms with Gasteiger partial charge in [-0.25, -0.2) is 18.8 Å². The summed E-state index contributed by atoms with van der Waals surface area (Å²) in [5.41, 5.74) is 2.45. The summed E-state index contributed by atoms with van der Waals surface area (Å²) in [5.74, 6) is -4.72. The number of esters is 2. The summed E-state index contributed by atoms with van der Waals surface area (Å²) in [4.78, 5) is 59.0. The van der Waals surface area contributed by atoms with Crippen molar-refractivity contribution < 1.29 is 57.1 Å². The van der Waals surface area contributed by atoms with Crippen LogP contribution in [-0.4, -0.2) is 160 Å². The van der Waals surface area contributed by atoms with E-state index in [1.807, 2.05) is 38.2 Å². The summed E-state index contributed by atoms with van der Waals surface area (Å²) < 4.78 is 55.9. The molecule has 3 aliphatic rings. The number of rotatable bonds is 14. The molecule has 3 aliphatic heterocycles. The average Bonchev–Trinajstić information content (AvgIpc) is 3.90. The number of ketones is 1. The van der Waals surface area contributed by atoms with Crippen molar-refractivity contribution >= 4 is 29.5 Å². The van der Waals surface area contributed by atoms with Crippen LogP contribution in [0.4, 0.5) is 14.9 Å². The molecule has 0 bridgehead atoms. The number of Topliss-reactive ketones (excluding diaryl/α,β-unsaturated/α-hetero) is 1. The first-order valence-corrected chi connectivity index (χ1v) is 24.0. The number of benzene rings is 2. The van der Waals surface area contributed by atoms with Gasteiger partial charge in [-0.3, -0.25) is 14.4 Å². The number of fused-ring (bicyclic) bond motifs is 1. The zero-order valence-corrected chi connectivity index (χ0v) is 41.6. The molecule has 0 radical (unpaired) electrons. The maximum atomic E-state index is 17.2. The lowest BCUT2D eigenvalue weighted by atomic mass is 9.78. The number of carbonyl (C=O) groups excluding carboxylic acids is 4. The first kappa shape index (κ1) is 53.3.